The molecule has 1 amide bonds. The summed E-state index contributed by atoms with van der Waals surface area (Å²) in [5, 5.41) is 2.87. The average molecular weight is 437 g/mol. The lowest BCUT2D eigenvalue weighted by Gasteiger charge is -2.29. The van der Waals surface area contributed by atoms with Gasteiger partial charge in [-0.25, -0.2) is 8.42 Å². The first-order valence-electron chi connectivity index (χ1n) is 8.46. The van der Waals surface area contributed by atoms with E-state index in [0.717, 1.165) is 22.0 Å². The molecule has 0 aliphatic carbocycles. The number of carbonyl (C=O) groups is 1. The number of amides is 1. The Morgan fingerprint density at radius 1 is 1.08 bits per heavy atom. The number of anilines is 2. The molecule has 26 heavy (non-hydrogen) atoms. The Balaban J connectivity index is 1.89. The van der Waals surface area contributed by atoms with E-state index in [2.05, 4.69) is 21.2 Å². The second-order valence-electron chi connectivity index (χ2n) is 6.51. The molecular weight excluding hydrogens is 416 g/mol. The van der Waals surface area contributed by atoms with Crippen molar-refractivity contribution in [1.82, 2.24) is 0 Å². The molecule has 0 atom stereocenters. The van der Waals surface area contributed by atoms with Gasteiger partial charge in [0.1, 0.15) is 0 Å². The van der Waals surface area contributed by atoms with Crippen LogP contribution in [0.5, 0.6) is 0 Å². The van der Waals surface area contributed by atoms with Gasteiger partial charge in [-0.15, -0.1) is 0 Å². The quantitative estimate of drug-likeness (QED) is 0.781. The zero-order valence-electron chi connectivity index (χ0n) is 14.8. The summed E-state index contributed by atoms with van der Waals surface area (Å²) < 4.78 is 27.2. The number of halogens is 1. The Morgan fingerprint density at radius 2 is 1.85 bits per heavy atom. The van der Waals surface area contributed by atoms with Gasteiger partial charge >= 0.3 is 0 Å². The predicted molar refractivity (Wildman–Crippen MR) is 108 cm³/mol. The Hall–Kier alpha value is -1.86. The number of aryl methyl sites for hydroxylation is 2. The Kier molecular flexibility index (Phi) is 5.39. The lowest BCUT2D eigenvalue weighted by atomic mass is 10.1. The van der Waals surface area contributed by atoms with Crippen molar-refractivity contribution in [3.05, 3.63) is 57.6 Å². The minimum absolute atomic E-state index is 0.154. The van der Waals surface area contributed by atoms with Crippen LogP contribution in [-0.2, 0) is 10.0 Å². The van der Waals surface area contributed by atoms with Crippen LogP contribution in [0.2, 0.25) is 0 Å². The van der Waals surface area contributed by atoms with E-state index in [1.807, 2.05) is 32.0 Å². The van der Waals surface area contributed by atoms with Crippen LogP contribution in [0.15, 0.2) is 40.9 Å². The highest BCUT2D eigenvalue weighted by molar-refractivity contribution is 9.10. The van der Waals surface area contributed by atoms with Crippen molar-refractivity contribution in [2.75, 3.05) is 21.9 Å². The summed E-state index contributed by atoms with van der Waals surface area (Å²) in [7, 11) is -3.31. The van der Waals surface area contributed by atoms with E-state index in [1.165, 1.54) is 4.31 Å². The third kappa shape index (κ3) is 3.94. The molecule has 1 aliphatic rings. The van der Waals surface area contributed by atoms with Crippen LogP contribution in [0.25, 0.3) is 0 Å². The number of sulfonamides is 1. The number of benzene rings is 2. The van der Waals surface area contributed by atoms with Gasteiger partial charge in [0, 0.05) is 22.3 Å². The van der Waals surface area contributed by atoms with Gasteiger partial charge in [0.2, 0.25) is 10.0 Å². The van der Waals surface area contributed by atoms with Gasteiger partial charge in [0.25, 0.3) is 5.91 Å². The topological polar surface area (TPSA) is 66.5 Å². The standard InChI is InChI=1S/C19H21BrN2O3S/c1-13-5-6-15(12-18(13)22-9-3-4-10-26(22,24)25)19(23)21-16-7-8-17(20)14(2)11-16/h5-8,11-12H,3-4,9-10H2,1-2H3,(H,21,23). The normalized spacial score (nSPS) is 16.3. The summed E-state index contributed by atoms with van der Waals surface area (Å²) in [4.78, 5) is 12.6. The molecule has 1 saturated heterocycles. The minimum Gasteiger partial charge on any atom is -0.322 e. The molecule has 1 heterocycles. The molecule has 1 fully saturated rings. The third-order valence-electron chi connectivity index (χ3n) is 4.51. The highest BCUT2D eigenvalue weighted by Gasteiger charge is 2.27. The van der Waals surface area contributed by atoms with Gasteiger partial charge < -0.3 is 5.32 Å². The zero-order valence-corrected chi connectivity index (χ0v) is 17.2. The molecule has 1 N–H and O–H groups in total. The summed E-state index contributed by atoms with van der Waals surface area (Å²) >= 11 is 3.44. The van der Waals surface area contributed by atoms with E-state index in [-0.39, 0.29) is 11.7 Å². The smallest absolute Gasteiger partial charge is 0.255 e. The number of rotatable bonds is 3. The van der Waals surface area contributed by atoms with Crippen LogP contribution < -0.4 is 9.62 Å². The van der Waals surface area contributed by atoms with Crippen molar-refractivity contribution in [2.24, 2.45) is 0 Å². The molecule has 1 aliphatic heterocycles. The fourth-order valence-electron chi connectivity index (χ4n) is 3.00. The van der Waals surface area contributed by atoms with Gasteiger partial charge in [0.05, 0.1) is 11.4 Å². The van der Waals surface area contributed by atoms with Gasteiger partial charge in [-0.1, -0.05) is 22.0 Å². The second kappa shape index (κ2) is 7.40. The molecule has 2 aromatic carbocycles. The summed E-state index contributed by atoms with van der Waals surface area (Å²) in [6.45, 7) is 4.27. The molecule has 0 unspecified atom stereocenters. The highest BCUT2D eigenvalue weighted by atomic mass is 79.9. The maximum atomic E-state index is 12.6. The molecule has 0 spiro atoms. The highest BCUT2D eigenvalue weighted by Crippen LogP contribution is 2.28. The third-order valence-corrected chi connectivity index (χ3v) is 7.25. The first-order chi connectivity index (χ1) is 12.3. The van der Waals surface area contributed by atoms with Crippen LogP contribution in [0.4, 0.5) is 11.4 Å². The summed E-state index contributed by atoms with van der Waals surface area (Å²) in [6, 6.07) is 10.8. The minimum atomic E-state index is -3.31. The first kappa shape index (κ1) is 18.9. The lowest BCUT2D eigenvalue weighted by molar-refractivity contribution is 0.102. The van der Waals surface area contributed by atoms with E-state index in [9.17, 15) is 13.2 Å². The van der Waals surface area contributed by atoms with Crippen molar-refractivity contribution in [3.8, 4) is 0 Å². The van der Waals surface area contributed by atoms with Crippen LogP contribution in [0.1, 0.15) is 34.3 Å². The fraction of sp³-hybridized carbons (Fsp3) is 0.316. The zero-order chi connectivity index (χ0) is 18.9. The van der Waals surface area contributed by atoms with E-state index in [1.54, 1.807) is 18.2 Å². The van der Waals surface area contributed by atoms with E-state index in [0.29, 0.717) is 29.9 Å². The molecule has 0 saturated carbocycles. The number of nitrogens with one attached hydrogen (secondary N) is 1. The largest absolute Gasteiger partial charge is 0.322 e. The summed E-state index contributed by atoms with van der Waals surface area (Å²) in [5.41, 5.74) is 3.58. The first-order valence-corrected chi connectivity index (χ1v) is 10.9. The Morgan fingerprint density at radius 3 is 2.54 bits per heavy atom. The number of hydrogen-bond donors (Lipinski definition) is 1. The van der Waals surface area contributed by atoms with Crippen molar-refractivity contribution in [3.63, 3.8) is 0 Å². The fourth-order valence-corrected chi connectivity index (χ4v) is 4.94. The maximum absolute atomic E-state index is 12.6. The van der Waals surface area contributed by atoms with Gasteiger partial charge in [-0.2, -0.15) is 0 Å². The molecule has 0 bridgehead atoms. The molecule has 5 nitrogen and oxygen atoms in total. The Labute approximate surface area is 162 Å². The van der Waals surface area contributed by atoms with Crippen molar-refractivity contribution in [1.29, 1.82) is 0 Å². The van der Waals surface area contributed by atoms with Crippen molar-refractivity contribution >= 4 is 43.2 Å². The van der Waals surface area contributed by atoms with E-state index in [4.69, 9.17) is 0 Å². The monoisotopic (exact) mass is 436 g/mol. The van der Waals surface area contributed by atoms with Crippen LogP contribution in [0, 0.1) is 13.8 Å². The van der Waals surface area contributed by atoms with Crippen molar-refractivity contribution < 1.29 is 13.2 Å². The van der Waals surface area contributed by atoms with E-state index < -0.39 is 10.0 Å². The van der Waals surface area contributed by atoms with Gasteiger partial charge in [-0.05, 0) is 68.1 Å². The van der Waals surface area contributed by atoms with Gasteiger partial charge in [-0.3, -0.25) is 9.10 Å². The molecule has 138 valence electrons. The molecule has 0 aromatic heterocycles. The van der Waals surface area contributed by atoms with Crippen LogP contribution in [-0.4, -0.2) is 26.6 Å². The number of nitrogens with zero attached hydrogens (tertiary/aromatic N) is 1. The molecule has 0 radical (unpaired) electrons. The number of carbonyl (C=O) groups excluding carboxylic acids is 1. The van der Waals surface area contributed by atoms with Crippen molar-refractivity contribution in [2.45, 2.75) is 26.7 Å². The molecule has 2 aromatic rings. The second-order valence-corrected chi connectivity index (χ2v) is 9.38. The van der Waals surface area contributed by atoms with E-state index >= 15 is 0 Å². The summed E-state index contributed by atoms with van der Waals surface area (Å²) in [5.74, 6) is -0.108. The summed E-state index contributed by atoms with van der Waals surface area (Å²) in [6.07, 6.45) is 1.51. The van der Waals surface area contributed by atoms with Crippen LogP contribution >= 0.6 is 15.9 Å². The number of hydrogen-bond acceptors (Lipinski definition) is 3. The molecular formula is C19H21BrN2O3S. The van der Waals surface area contributed by atoms with Crippen LogP contribution in [0.3, 0.4) is 0 Å². The lowest BCUT2D eigenvalue weighted by Crippen LogP contribution is -2.38. The predicted octanol–water partition coefficient (Wildman–Crippen LogP) is 4.25. The maximum Gasteiger partial charge on any atom is 0.255 e. The SMILES string of the molecule is Cc1cc(NC(=O)c2ccc(C)c(N3CCCCS3(=O)=O)c2)ccc1Br. The molecule has 7 heteroatoms. The molecule has 3 rings (SSSR count). The Bertz CT molecular complexity index is 957. The average Bonchev–Trinajstić information content (AvgIpc) is 2.58. The van der Waals surface area contributed by atoms with Gasteiger partial charge in [0.15, 0.2) is 0 Å².